The molecule has 3 unspecified atom stereocenters. The van der Waals surface area contributed by atoms with Crippen molar-refractivity contribution >= 4 is 5.84 Å². The maximum Gasteiger partial charge on any atom is 0.400 e. The Labute approximate surface area is 104 Å². The van der Waals surface area contributed by atoms with Gasteiger partial charge < -0.3 is 15.2 Å². The number of halogens is 3. The Bertz CT molecular complexity index is 287. The summed E-state index contributed by atoms with van der Waals surface area (Å²) in [5.41, 5.74) is 4.95. The van der Waals surface area contributed by atoms with Crippen LogP contribution in [0.5, 0.6) is 0 Å². The summed E-state index contributed by atoms with van der Waals surface area (Å²) in [7, 11) is 0. The fraction of sp³-hybridized carbons (Fsp3) is 0.909. The van der Waals surface area contributed by atoms with Gasteiger partial charge in [-0.3, -0.25) is 5.41 Å². The molecule has 0 aromatic heterocycles. The van der Waals surface area contributed by atoms with E-state index in [1.807, 2.05) is 13.8 Å². The lowest BCUT2D eigenvalue weighted by Crippen LogP contribution is -2.41. The number of ether oxygens (including phenoxy) is 2. The zero-order valence-electron chi connectivity index (χ0n) is 10.5. The molecule has 0 saturated carbocycles. The summed E-state index contributed by atoms with van der Waals surface area (Å²) >= 11 is 0. The van der Waals surface area contributed by atoms with Crippen LogP contribution in [0.15, 0.2) is 0 Å². The molecule has 1 rings (SSSR count). The fourth-order valence-electron chi connectivity index (χ4n) is 2.07. The zero-order chi connectivity index (χ0) is 13.9. The van der Waals surface area contributed by atoms with Crippen LogP contribution in [0, 0.1) is 11.3 Å². The van der Waals surface area contributed by atoms with Crippen LogP contribution in [0.1, 0.15) is 26.7 Å². The minimum Gasteiger partial charge on any atom is -0.387 e. The highest BCUT2D eigenvalue weighted by Gasteiger charge is 2.42. The van der Waals surface area contributed by atoms with Gasteiger partial charge in [-0.1, -0.05) is 0 Å². The van der Waals surface area contributed by atoms with E-state index in [9.17, 15) is 13.2 Å². The first-order valence-electron chi connectivity index (χ1n) is 5.87. The molecule has 0 amide bonds. The molecule has 18 heavy (non-hydrogen) atoms. The van der Waals surface area contributed by atoms with Crippen LogP contribution < -0.4 is 5.73 Å². The van der Waals surface area contributed by atoms with Gasteiger partial charge in [0.05, 0.1) is 24.9 Å². The second-order valence-electron chi connectivity index (χ2n) is 4.73. The lowest BCUT2D eigenvalue weighted by atomic mass is 10.0. The van der Waals surface area contributed by atoms with E-state index in [4.69, 9.17) is 20.6 Å². The average Bonchev–Trinajstić information content (AvgIpc) is 2.12. The Balaban J connectivity index is 2.50. The second kappa shape index (κ2) is 5.88. The number of alkyl halides is 3. The Kier molecular flexibility index (Phi) is 4.98. The molecular formula is C11H19F3N2O2. The predicted molar refractivity (Wildman–Crippen MR) is 60.4 cm³/mol. The monoisotopic (exact) mass is 268 g/mol. The third-order valence-corrected chi connectivity index (χ3v) is 2.92. The molecule has 0 aliphatic carbocycles. The first-order valence-corrected chi connectivity index (χ1v) is 5.87. The predicted octanol–water partition coefficient (Wildman–Crippen LogP) is 2.07. The summed E-state index contributed by atoms with van der Waals surface area (Å²) in [6.45, 7) is 3.12. The van der Waals surface area contributed by atoms with E-state index in [1.165, 1.54) is 0 Å². The highest BCUT2D eigenvalue weighted by atomic mass is 19.4. The third-order valence-electron chi connectivity index (χ3n) is 2.92. The number of hydrogen-bond donors (Lipinski definition) is 2. The van der Waals surface area contributed by atoms with Crippen molar-refractivity contribution in [2.75, 3.05) is 6.61 Å². The largest absolute Gasteiger partial charge is 0.400 e. The van der Waals surface area contributed by atoms with E-state index in [0.717, 1.165) is 0 Å². The van der Waals surface area contributed by atoms with E-state index < -0.39 is 24.5 Å². The molecule has 1 saturated heterocycles. The quantitative estimate of drug-likeness (QED) is 0.606. The zero-order valence-corrected chi connectivity index (χ0v) is 10.5. The lowest BCUT2D eigenvalue weighted by Gasteiger charge is -2.33. The molecule has 3 atom stereocenters. The molecule has 1 aliphatic heterocycles. The van der Waals surface area contributed by atoms with Gasteiger partial charge in [-0.2, -0.15) is 13.2 Å². The number of rotatable bonds is 4. The molecule has 0 radical (unpaired) electrons. The van der Waals surface area contributed by atoms with Gasteiger partial charge in [-0.25, -0.2) is 0 Å². The van der Waals surface area contributed by atoms with E-state index in [1.54, 1.807) is 0 Å². The van der Waals surface area contributed by atoms with Gasteiger partial charge in [0.2, 0.25) is 0 Å². The van der Waals surface area contributed by atoms with Gasteiger partial charge >= 0.3 is 6.18 Å². The van der Waals surface area contributed by atoms with Crippen molar-refractivity contribution in [3.8, 4) is 0 Å². The van der Waals surface area contributed by atoms with Crippen LogP contribution in [0.3, 0.4) is 0 Å². The van der Waals surface area contributed by atoms with Crippen LogP contribution >= 0.6 is 0 Å². The van der Waals surface area contributed by atoms with E-state index in [0.29, 0.717) is 12.8 Å². The lowest BCUT2D eigenvalue weighted by molar-refractivity contribution is -0.179. The van der Waals surface area contributed by atoms with Gasteiger partial charge in [-0.05, 0) is 26.7 Å². The van der Waals surface area contributed by atoms with Crippen LogP contribution in [-0.2, 0) is 9.47 Å². The van der Waals surface area contributed by atoms with Crippen molar-refractivity contribution in [3.05, 3.63) is 0 Å². The van der Waals surface area contributed by atoms with E-state index in [2.05, 4.69) is 0 Å². The van der Waals surface area contributed by atoms with Gasteiger partial charge in [-0.15, -0.1) is 0 Å². The maximum atomic E-state index is 12.6. The van der Waals surface area contributed by atoms with Gasteiger partial charge in [0.25, 0.3) is 0 Å². The number of hydrogen-bond acceptors (Lipinski definition) is 3. The Hall–Kier alpha value is -0.820. The van der Waals surface area contributed by atoms with Crippen LogP contribution in [-0.4, -0.2) is 36.9 Å². The van der Waals surface area contributed by atoms with Gasteiger partial charge in [0.1, 0.15) is 11.8 Å². The molecule has 1 aliphatic rings. The Morgan fingerprint density at radius 2 is 1.89 bits per heavy atom. The Morgan fingerprint density at radius 1 is 1.39 bits per heavy atom. The smallest absolute Gasteiger partial charge is 0.387 e. The van der Waals surface area contributed by atoms with Crippen molar-refractivity contribution in [1.82, 2.24) is 0 Å². The van der Waals surface area contributed by atoms with Crippen molar-refractivity contribution < 1.29 is 22.6 Å². The summed E-state index contributed by atoms with van der Waals surface area (Å²) in [5, 5.41) is 6.96. The van der Waals surface area contributed by atoms with Crippen molar-refractivity contribution in [3.63, 3.8) is 0 Å². The van der Waals surface area contributed by atoms with E-state index >= 15 is 0 Å². The Morgan fingerprint density at radius 3 is 2.28 bits per heavy atom. The van der Waals surface area contributed by atoms with Gasteiger partial charge in [0, 0.05) is 0 Å². The molecule has 0 bridgehead atoms. The summed E-state index contributed by atoms with van der Waals surface area (Å²) in [6, 6.07) is 0. The normalized spacial score (nSPS) is 31.1. The maximum absolute atomic E-state index is 12.6. The topological polar surface area (TPSA) is 68.3 Å². The molecule has 4 nitrogen and oxygen atoms in total. The summed E-state index contributed by atoms with van der Waals surface area (Å²) < 4.78 is 48.4. The first kappa shape index (κ1) is 15.2. The first-order chi connectivity index (χ1) is 8.20. The molecule has 1 fully saturated rings. The minimum absolute atomic E-state index is 0.0274. The molecule has 3 N–H and O–H groups in total. The molecular weight excluding hydrogens is 249 g/mol. The number of nitrogens with one attached hydrogen (secondary N) is 1. The molecule has 0 aromatic rings. The SMILES string of the molecule is CC1CC(OCC(C(=N)N)C(F)(F)F)CC(C)O1. The number of nitrogens with two attached hydrogens (primary N) is 1. The van der Waals surface area contributed by atoms with Crippen LogP contribution in [0.25, 0.3) is 0 Å². The molecule has 7 heteroatoms. The van der Waals surface area contributed by atoms with Crippen molar-refractivity contribution in [2.45, 2.75) is 51.2 Å². The third kappa shape index (κ3) is 4.45. The highest BCUT2D eigenvalue weighted by Crippen LogP contribution is 2.28. The second-order valence-corrected chi connectivity index (χ2v) is 4.73. The molecule has 0 aromatic carbocycles. The van der Waals surface area contributed by atoms with E-state index in [-0.39, 0.29) is 18.3 Å². The standard InChI is InChI=1S/C11H19F3N2O2/c1-6-3-8(4-7(2)18-6)17-5-9(10(15)16)11(12,13)14/h6-9H,3-5H2,1-2H3,(H3,15,16). The van der Waals surface area contributed by atoms with Crippen LogP contribution in [0.2, 0.25) is 0 Å². The minimum atomic E-state index is -4.53. The van der Waals surface area contributed by atoms with Crippen molar-refractivity contribution in [1.29, 1.82) is 5.41 Å². The van der Waals surface area contributed by atoms with Crippen LogP contribution in [0.4, 0.5) is 13.2 Å². The number of amidine groups is 1. The molecule has 1 heterocycles. The molecule has 106 valence electrons. The fourth-order valence-corrected chi connectivity index (χ4v) is 2.07. The van der Waals surface area contributed by atoms with Gasteiger partial charge in [0.15, 0.2) is 0 Å². The molecule has 0 spiro atoms. The average molecular weight is 268 g/mol. The van der Waals surface area contributed by atoms with Crippen molar-refractivity contribution in [2.24, 2.45) is 11.7 Å². The summed E-state index contributed by atoms with van der Waals surface area (Å²) in [6.07, 6.45) is -3.73. The highest BCUT2D eigenvalue weighted by molar-refractivity contribution is 5.80. The summed E-state index contributed by atoms with van der Waals surface area (Å²) in [4.78, 5) is 0. The summed E-state index contributed by atoms with van der Waals surface area (Å²) in [5.74, 6) is -2.93.